The van der Waals surface area contributed by atoms with Crippen LogP contribution in [-0.4, -0.2) is 36.9 Å². The number of hydrogen-bond donors (Lipinski definition) is 2. The summed E-state index contributed by atoms with van der Waals surface area (Å²) >= 11 is 0. The second kappa shape index (κ2) is 21.1. The quantitative estimate of drug-likeness (QED) is 0.141. The van der Waals surface area contributed by atoms with Gasteiger partial charge in [-0.1, -0.05) is 187 Å². The monoisotopic (exact) mass is 1160 g/mol. The Balaban J connectivity index is 0.973. The summed E-state index contributed by atoms with van der Waals surface area (Å²) in [4.78, 5) is 5.31. The number of rotatable bonds is 9. The molecule has 0 bridgehead atoms. The van der Waals surface area contributed by atoms with Crippen LogP contribution in [-0.2, 0) is 17.3 Å². The van der Waals surface area contributed by atoms with Crippen molar-refractivity contribution in [1.82, 2.24) is 0 Å². The molecule has 2 atom stereocenters. The van der Waals surface area contributed by atoms with Crippen LogP contribution >= 0.6 is 0 Å². The van der Waals surface area contributed by atoms with Gasteiger partial charge in [-0.25, -0.2) is 0 Å². The zero-order chi connectivity index (χ0) is 62.4. The van der Waals surface area contributed by atoms with Crippen LogP contribution in [0.25, 0.3) is 22.3 Å². The second-order valence-electron chi connectivity index (χ2n) is 26.3. The molecule has 3 aliphatic heterocycles. The van der Waals surface area contributed by atoms with E-state index in [1.165, 1.54) is 106 Å². The number of benzene rings is 10. The summed E-state index contributed by atoms with van der Waals surface area (Å²) < 4.78 is 0. The van der Waals surface area contributed by atoms with Crippen LogP contribution < -0.4 is 42.3 Å². The third-order valence-corrected chi connectivity index (χ3v) is 21.6. The molecule has 3 aliphatic carbocycles. The van der Waals surface area contributed by atoms with Gasteiger partial charge in [0.1, 0.15) is 31.4 Å². The molecule has 0 saturated carbocycles. The molecule has 6 aliphatic rings. The van der Waals surface area contributed by atoms with Gasteiger partial charge in [-0.05, 0) is 211 Å². The lowest BCUT2D eigenvalue weighted by Crippen LogP contribution is -2.61. The molecule has 10 aromatic carbocycles. The van der Waals surface area contributed by atoms with E-state index in [-0.39, 0.29) is 0 Å². The SMILES string of the molecule is [B]c1c([B])c([B])c(C2=C(C)CC3(C)C(=C2)C2(CC)c4c(cccc4Nc4ccccc4Nc4c(C5=CCCC=C5)cccc4-c4ccccc4)Cc4ccc5c(c42)N3c2ccccc2C52c3ccccc3N(c3cc(C)c(C)c(C)c3)c3ccccc32)c(C)c1[B]. The van der Waals surface area contributed by atoms with Crippen LogP contribution in [0.1, 0.15) is 124 Å². The van der Waals surface area contributed by atoms with Crippen LogP contribution in [0.4, 0.5) is 51.2 Å². The molecular weight excluding hydrogens is 1100 g/mol. The van der Waals surface area contributed by atoms with E-state index in [9.17, 15) is 0 Å². The Labute approximate surface area is 542 Å². The Hall–Kier alpha value is -9.38. The van der Waals surface area contributed by atoms with Crippen molar-refractivity contribution >= 4 is 116 Å². The zero-order valence-electron chi connectivity index (χ0n) is 52.9. The van der Waals surface area contributed by atoms with E-state index in [2.05, 4.69) is 274 Å². The molecule has 8 heteroatoms. The van der Waals surface area contributed by atoms with Gasteiger partial charge in [-0.3, -0.25) is 0 Å². The highest BCUT2D eigenvalue weighted by molar-refractivity contribution is 6.63. The van der Waals surface area contributed by atoms with E-state index in [1.807, 2.05) is 6.92 Å². The van der Waals surface area contributed by atoms with Crippen molar-refractivity contribution in [3.8, 4) is 11.1 Å². The summed E-state index contributed by atoms with van der Waals surface area (Å²) in [5.74, 6) is 0. The molecule has 0 amide bonds. The summed E-state index contributed by atoms with van der Waals surface area (Å²) in [5, 5.41) is 8.34. The van der Waals surface area contributed by atoms with Crippen LogP contribution in [0.2, 0.25) is 0 Å². The van der Waals surface area contributed by atoms with Gasteiger partial charge < -0.3 is 20.4 Å². The second-order valence-corrected chi connectivity index (χ2v) is 26.3. The number of nitrogens with one attached hydrogen (secondary N) is 2. The Morgan fingerprint density at radius 3 is 1.80 bits per heavy atom. The molecule has 2 N–H and O–H groups in total. The van der Waals surface area contributed by atoms with Gasteiger partial charge >= 0.3 is 0 Å². The number of fused-ring (bicyclic) bond motifs is 13. The summed E-state index contributed by atoms with van der Waals surface area (Å²) in [7, 11) is 27.7. The first kappa shape index (κ1) is 56.8. The molecule has 432 valence electrons. The van der Waals surface area contributed by atoms with Gasteiger partial charge in [-0.15, -0.1) is 16.4 Å². The fourth-order valence-corrected chi connectivity index (χ4v) is 17.4. The molecule has 3 heterocycles. The summed E-state index contributed by atoms with van der Waals surface area (Å²) in [5.41, 5.74) is 33.5. The predicted octanol–water partition coefficient (Wildman–Crippen LogP) is 16.8. The molecule has 91 heavy (non-hydrogen) atoms. The Morgan fingerprint density at radius 1 is 0.527 bits per heavy atom. The smallest absolute Gasteiger partial charge is 0.113 e. The first-order chi connectivity index (χ1) is 44.2. The average Bonchev–Trinajstić information content (AvgIpc) is 0.648. The first-order valence-electron chi connectivity index (χ1n) is 32.3. The highest BCUT2D eigenvalue weighted by Crippen LogP contribution is 2.72. The molecule has 0 fully saturated rings. The third kappa shape index (κ3) is 8.00. The van der Waals surface area contributed by atoms with Crippen molar-refractivity contribution in [3.63, 3.8) is 0 Å². The van der Waals surface area contributed by atoms with Crippen LogP contribution in [0.5, 0.6) is 0 Å². The highest BCUT2D eigenvalue weighted by Gasteiger charge is 2.63. The van der Waals surface area contributed by atoms with Crippen molar-refractivity contribution in [2.45, 2.75) is 96.9 Å². The van der Waals surface area contributed by atoms with E-state index in [1.54, 1.807) is 0 Å². The van der Waals surface area contributed by atoms with E-state index >= 15 is 0 Å². The average molecular weight is 1160 g/mol. The number of aryl methyl sites for hydroxylation is 2. The van der Waals surface area contributed by atoms with Crippen molar-refractivity contribution in [2.75, 3.05) is 20.4 Å². The maximum absolute atomic E-state index is 7.25. The largest absolute Gasteiger partial charge is 0.354 e. The van der Waals surface area contributed by atoms with Gasteiger partial charge in [0.15, 0.2) is 0 Å². The molecule has 0 saturated heterocycles. The number of anilines is 9. The lowest BCUT2D eigenvalue weighted by atomic mass is 9.49. The fourth-order valence-electron chi connectivity index (χ4n) is 17.4. The Morgan fingerprint density at radius 2 is 1.12 bits per heavy atom. The molecule has 2 unspecified atom stereocenters. The van der Waals surface area contributed by atoms with Gasteiger partial charge in [0.25, 0.3) is 0 Å². The maximum atomic E-state index is 7.25. The van der Waals surface area contributed by atoms with Gasteiger partial charge in [0.2, 0.25) is 0 Å². The highest BCUT2D eigenvalue weighted by atomic mass is 15.2. The van der Waals surface area contributed by atoms with Crippen LogP contribution in [0.3, 0.4) is 0 Å². The van der Waals surface area contributed by atoms with Crippen molar-refractivity contribution in [3.05, 3.63) is 301 Å². The van der Waals surface area contributed by atoms with Crippen molar-refractivity contribution < 1.29 is 0 Å². The standard InChI is InChI=1S/C83H68B4N4/c1-8-82-71-46-60(72-52(6)75(84)77(86)78(87)76(72)85)50(4)47-81(71,7)91-70-40-22-17-34-63(70)83(61-32-15-20-38-68(61)90(69-39-21-16-33-62(69)83)57-43-48(2)51(5)49(3)44-57)64-42-41-56(74(82)80(64)91)45-55-29-23-37-67(73(55)82)88-65-35-18-19-36-66(65)89-79-58(53-25-11-9-12-26-53)30-24-31-59(79)54-27-13-10-14-28-54/h9,11-13,15-44,46,88-89H,8,10,14,45,47H2,1-7H3. The summed E-state index contributed by atoms with van der Waals surface area (Å²) in [6.45, 7) is 16.0. The minimum atomic E-state index is -0.747. The topological polar surface area (TPSA) is 30.5 Å². The molecule has 10 aromatic rings. The molecule has 16 rings (SSSR count). The van der Waals surface area contributed by atoms with Crippen molar-refractivity contribution in [1.29, 1.82) is 0 Å². The minimum absolute atomic E-state index is 0.318. The molecule has 8 radical (unpaired) electrons. The van der Waals surface area contributed by atoms with E-state index in [4.69, 9.17) is 31.4 Å². The minimum Gasteiger partial charge on any atom is -0.354 e. The molecular formula is C83H68B4N4. The van der Waals surface area contributed by atoms with Gasteiger partial charge in [-0.2, -0.15) is 0 Å². The third-order valence-electron chi connectivity index (χ3n) is 21.6. The molecule has 4 nitrogen and oxygen atoms in total. The summed E-state index contributed by atoms with van der Waals surface area (Å²) in [6.07, 6.45) is 13.7. The zero-order valence-corrected chi connectivity index (χ0v) is 52.9. The van der Waals surface area contributed by atoms with Crippen molar-refractivity contribution in [2.24, 2.45) is 0 Å². The fraction of sp³-hybridized carbons (Fsp3) is 0.181. The molecule has 0 aromatic heterocycles. The van der Waals surface area contributed by atoms with E-state index < -0.39 is 16.4 Å². The summed E-state index contributed by atoms with van der Waals surface area (Å²) in [6, 6.07) is 70.7. The predicted molar refractivity (Wildman–Crippen MR) is 387 cm³/mol. The normalized spacial score (nSPS) is 18.5. The van der Waals surface area contributed by atoms with Gasteiger partial charge in [0.05, 0.1) is 45.1 Å². The van der Waals surface area contributed by atoms with E-state index in [0.717, 1.165) is 81.9 Å². The maximum Gasteiger partial charge on any atom is 0.113 e. The number of nitrogens with zero attached hydrogens (tertiary/aromatic N) is 2. The van der Waals surface area contributed by atoms with Crippen LogP contribution in [0, 0.1) is 27.7 Å². The van der Waals surface area contributed by atoms with Crippen LogP contribution in [0.15, 0.2) is 224 Å². The number of allylic oxidation sites excluding steroid dienone is 6. The number of hydrogen-bond acceptors (Lipinski definition) is 4. The lowest BCUT2D eigenvalue weighted by molar-refractivity contribution is 0.394. The Kier molecular flexibility index (Phi) is 13.2. The van der Waals surface area contributed by atoms with Gasteiger partial charge in [0, 0.05) is 33.6 Å². The van der Waals surface area contributed by atoms with E-state index in [0.29, 0.717) is 28.3 Å². The lowest BCUT2D eigenvalue weighted by Gasteiger charge is -2.64. The Bertz CT molecular complexity index is 4810. The first-order valence-corrected chi connectivity index (χ1v) is 32.3. The molecule has 1 spiro atoms. The number of para-hydroxylation sites is 6.